The monoisotopic (exact) mass is 425 g/mol. The Labute approximate surface area is 177 Å². The van der Waals surface area contributed by atoms with Gasteiger partial charge < -0.3 is 10.1 Å². The number of aryl methyl sites for hydroxylation is 1. The lowest BCUT2D eigenvalue weighted by atomic mass is 10.1. The first kappa shape index (κ1) is 20.2. The first-order valence-electron chi connectivity index (χ1n) is 9.57. The van der Waals surface area contributed by atoms with Crippen molar-refractivity contribution in [3.8, 4) is 11.3 Å². The van der Waals surface area contributed by atoms with Gasteiger partial charge in [-0.2, -0.15) is 0 Å². The summed E-state index contributed by atoms with van der Waals surface area (Å²) in [4.78, 5) is 30.3. The molecule has 8 heteroatoms. The third-order valence-electron chi connectivity index (χ3n) is 4.75. The average molecular weight is 425 g/mol. The second-order valence-corrected chi connectivity index (χ2v) is 8.16. The van der Waals surface area contributed by atoms with E-state index in [0.717, 1.165) is 16.9 Å². The molecule has 1 aliphatic rings. The molecule has 1 atom stereocenters. The molecule has 0 saturated carbocycles. The first-order valence-corrected chi connectivity index (χ1v) is 10.4. The van der Waals surface area contributed by atoms with Crippen LogP contribution < -0.4 is 10.6 Å². The summed E-state index contributed by atoms with van der Waals surface area (Å²) in [6.45, 7) is 2.49. The zero-order chi connectivity index (χ0) is 21.1. The second kappa shape index (κ2) is 8.73. The van der Waals surface area contributed by atoms with E-state index in [-0.39, 0.29) is 17.6 Å². The van der Waals surface area contributed by atoms with Crippen molar-refractivity contribution in [1.82, 2.24) is 4.98 Å². The van der Waals surface area contributed by atoms with E-state index in [1.165, 1.54) is 23.5 Å². The number of nitrogens with one attached hydrogen (secondary N) is 2. The van der Waals surface area contributed by atoms with E-state index in [1.807, 2.05) is 6.92 Å². The molecule has 2 aromatic carbocycles. The summed E-state index contributed by atoms with van der Waals surface area (Å²) in [6.07, 6.45) is 1.13. The fourth-order valence-corrected chi connectivity index (χ4v) is 4.07. The second-order valence-electron chi connectivity index (χ2n) is 6.96. The predicted octanol–water partition coefficient (Wildman–Crippen LogP) is 4.63. The molecule has 1 fully saturated rings. The highest BCUT2D eigenvalue weighted by atomic mass is 32.1. The normalized spacial score (nSPS) is 15.7. The molecular weight excluding hydrogens is 405 g/mol. The van der Waals surface area contributed by atoms with Gasteiger partial charge >= 0.3 is 0 Å². The van der Waals surface area contributed by atoms with Gasteiger partial charge in [-0.25, -0.2) is 9.37 Å². The van der Waals surface area contributed by atoms with Crippen LogP contribution in [0.2, 0.25) is 0 Å². The van der Waals surface area contributed by atoms with Gasteiger partial charge in [-0.15, -0.1) is 11.3 Å². The number of aromatic nitrogens is 1. The summed E-state index contributed by atoms with van der Waals surface area (Å²) in [5.41, 5.74) is 2.42. The van der Waals surface area contributed by atoms with E-state index in [9.17, 15) is 14.0 Å². The van der Waals surface area contributed by atoms with Crippen molar-refractivity contribution in [2.75, 3.05) is 17.2 Å². The molecule has 0 aliphatic carbocycles. The molecule has 1 unspecified atom stereocenters. The van der Waals surface area contributed by atoms with Crippen LogP contribution in [0.3, 0.4) is 0 Å². The van der Waals surface area contributed by atoms with Crippen LogP contribution in [-0.4, -0.2) is 29.5 Å². The lowest BCUT2D eigenvalue weighted by molar-refractivity contribution is -0.124. The molecular formula is C22H20FN3O3S. The number of ether oxygens (including phenoxy) is 1. The molecule has 4 rings (SSSR count). The van der Waals surface area contributed by atoms with Gasteiger partial charge in [0.2, 0.25) is 0 Å². The molecule has 0 radical (unpaired) electrons. The van der Waals surface area contributed by atoms with Gasteiger partial charge in [0.25, 0.3) is 11.8 Å². The fraction of sp³-hybridized carbons (Fsp3) is 0.227. The molecule has 1 aliphatic heterocycles. The van der Waals surface area contributed by atoms with Crippen LogP contribution in [0.15, 0.2) is 48.5 Å². The first-order chi connectivity index (χ1) is 14.5. The highest BCUT2D eigenvalue weighted by Crippen LogP contribution is 2.30. The minimum atomic E-state index is -0.439. The van der Waals surface area contributed by atoms with Crippen LogP contribution >= 0.6 is 11.3 Å². The van der Waals surface area contributed by atoms with E-state index in [0.29, 0.717) is 35.1 Å². The van der Waals surface area contributed by atoms with Crippen molar-refractivity contribution in [3.63, 3.8) is 0 Å². The maximum Gasteiger partial charge on any atom is 0.257 e. The molecule has 1 saturated heterocycles. The maximum atomic E-state index is 13.2. The van der Waals surface area contributed by atoms with Gasteiger partial charge in [0.1, 0.15) is 11.9 Å². The molecule has 6 nitrogen and oxygen atoms in total. The summed E-state index contributed by atoms with van der Waals surface area (Å²) >= 11 is 1.34. The Morgan fingerprint density at radius 2 is 1.97 bits per heavy atom. The van der Waals surface area contributed by atoms with Crippen LogP contribution in [-0.2, 0) is 9.53 Å². The van der Waals surface area contributed by atoms with Gasteiger partial charge in [0, 0.05) is 28.3 Å². The lowest BCUT2D eigenvalue weighted by Gasteiger charge is -2.11. The quantitative estimate of drug-likeness (QED) is 0.625. The summed E-state index contributed by atoms with van der Waals surface area (Å²) in [6, 6.07) is 12.8. The third kappa shape index (κ3) is 4.55. The summed E-state index contributed by atoms with van der Waals surface area (Å²) in [7, 11) is 0. The van der Waals surface area contributed by atoms with Crippen LogP contribution in [0.5, 0.6) is 0 Å². The van der Waals surface area contributed by atoms with E-state index < -0.39 is 6.10 Å². The summed E-state index contributed by atoms with van der Waals surface area (Å²) in [5, 5.41) is 6.04. The average Bonchev–Trinajstić information content (AvgIpc) is 3.39. The Morgan fingerprint density at radius 1 is 1.17 bits per heavy atom. The lowest BCUT2D eigenvalue weighted by Crippen LogP contribution is -2.27. The van der Waals surface area contributed by atoms with E-state index in [1.54, 1.807) is 36.4 Å². The Hall–Kier alpha value is -3.10. The predicted molar refractivity (Wildman–Crippen MR) is 114 cm³/mol. The van der Waals surface area contributed by atoms with Crippen LogP contribution in [0.4, 0.5) is 15.2 Å². The summed E-state index contributed by atoms with van der Waals surface area (Å²) in [5.74, 6) is -0.848. The van der Waals surface area contributed by atoms with Gasteiger partial charge in [-0.1, -0.05) is 6.07 Å². The Balaban J connectivity index is 1.46. The number of carbonyl (C=O) groups is 2. The van der Waals surface area contributed by atoms with Gasteiger partial charge in [0.15, 0.2) is 5.13 Å². The van der Waals surface area contributed by atoms with Crippen molar-refractivity contribution >= 4 is 34.0 Å². The summed E-state index contributed by atoms with van der Waals surface area (Å²) < 4.78 is 18.5. The van der Waals surface area contributed by atoms with Crippen LogP contribution in [0, 0.1) is 12.7 Å². The molecule has 0 spiro atoms. The number of halogens is 1. The Morgan fingerprint density at radius 3 is 2.70 bits per heavy atom. The number of hydrogen-bond donors (Lipinski definition) is 2. The molecule has 30 heavy (non-hydrogen) atoms. The van der Waals surface area contributed by atoms with E-state index >= 15 is 0 Å². The van der Waals surface area contributed by atoms with E-state index in [4.69, 9.17) is 4.74 Å². The number of benzene rings is 2. The number of carbonyl (C=O) groups excluding carboxylic acids is 2. The molecule has 2 amide bonds. The molecule has 1 aromatic heterocycles. The van der Waals surface area contributed by atoms with E-state index in [2.05, 4.69) is 15.6 Å². The van der Waals surface area contributed by atoms with Crippen LogP contribution in [0.1, 0.15) is 28.1 Å². The largest absolute Gasteiger partial charge is 0.368 e. The topological polar surface area (TPSA) is 80.3 Å². The molecule has 2 N–H and O–H groups in total. The molecule has 2 heterocycles. The van der Waals surface area contributed by atoms with Crippen molar-refractivity contribution in [3.05, 3.63) is 64.8 Å². The number of thiazole rings is 1. The van der Waals surface area contributed by atoms with Gasteiger partial charge in [-0.05, 0) is 62.2 Å². The smallest absolute Gasteiger partial charge is 0.257 e. The van der Waals surface area contributed by atoms with Gasteiger partial charge in [-0.3, -0.25) is 14.9 Å². The fourth-order valence-electron chi connectivity index (χ4n) is 3.24. The molecule has 3 aromatic rings. The SMILES string of the molecule is Cc1sc(NC(=O)c2cccc(NC(=O)C3CCCO3)c2)nc1-c1ccc(F)cc1. The number of nitrogens with zero attached hydrogens (tertiary/aromatic N) is 1. The molecule has 154 valence electrons. The Kier molecular flexibility index (Phi) is 5.87. The van der Waals surface area contributed by atoms with Gasteiger partial charge in [0.05, 0.1) is 5.69 Å². The van der Waals surface area contributed by atoms with Crippen molar-refractivity contribution in [1.29, 1.82) is 0 Å². The minimum Gasteiger partial charge on any atom is -0.368 e. The standard InChI is InChI=1S/C22H20FN3O3S/c1-13-19(14-7-9-16(23)10-8-14)25-22(30-13)26-20(27)15-4-2-5-17(12-15)24-21(28)18-6-3-11-29-18/h2,4-5,7-10,12,18H,3,6,11H2,1H3,(H,24,28)(H,25,26,27). The zero-order valence-corrected chi connectivity index (χ0v) is 17.1. The van der Waals surface area contributed by atoms with Crippen molar-refractivity contribution < 1.29 is 18.7 Å². The maximum absolute atomic E-state index is 13.2. The van der Waals surface area contributed by atoms with Crippen molar-refractivity contribution in [2.24, 2.45) is 0 Å². The number of rotatable bonds is 5. The highest BCUT2D eigenvalue weighted by molar-refractivity contribution is 7.16. The van der Waals surface area contributed by atoms with Crippen LogP contribution in [0.25, 0.3) is 11.3 Å². The number of anilines is 2. The number of hydrogen-bond acceptors (Lipinski definition) is 5. The Bertz CT molecular complexity index is 1080. The third-order valence-corrected chi connectivity index (χ3v) is 5.64. The zero-order valence-electron chi connectivity index (χ0n) is 16.3. The number of amides is 2. The molecule has 0 bridgehead atoms. The minimum absolute atomic E-state index is 0.204. The van der Waals surface area contributed by atoms with Crippen molar-refractivity contribution in [2.45, 2.75) is 25.9 Å². The highest BCUT2D eigenvalue weighted by Gasteiger charge is 2.23.